The fourth-order valence-electron chi connectivity index (χ4n) is 5.35. The van der Waals surface area contributed by atoms with E-state index in [1.54, 1.807) is 0 Å². The predicted octanol–water partition coefficient (Wildman–Crippen LogP) is 7.20. The maximum absolute atomic E-state index is 6.19. The fourth-order valence-corrected chi connectivity index (χ4v) is 5.51. The number of hydrogen-bond acceptors (Lipinski definition) is 2. The summed E-state index contributed by atoms with van der Waals surface area (Å²) in [7, 11) is 0. The molecule has 1 aliphatic heterocycles. The second kappa shape index (κ2) is 8.15. The van der Waals surface area contributed by atoms with E-state index in [0.717, 1.165) is 23.9 Å². The normalized spacial score (nSPS) is 13.8. The summed E-state index contributed by atoms with van der Waals surface area (Å²) in [6, 6.07) is 39.1. The van der Waals surface area contributed by atoms with Gasteiger partial charge in [-0.15, -0.1) is 0 Å². The van der Waals surface area contributed by atoms with Crippen molar-refractivity contribution < 1.29 is 0 Å². The molecule has 6 rings (SSSR count). The Morgan fingerprint density at radius 2 is 1.06 bits per heavy atom. The molecule has 160 valence electrons. The van der Waals surface area contributed by atoms with Crippen molar-refractivity contribution in [2.75, 3.05) is 0 Å². The van der Waals surface area contributed by atoms with Crippen molar-refractivity contribution in [3.8, 4) is 0 Å². The molecule has 0 saturated heterocycles. The first-order valence-corrected chi connectivity index (χ1v) is 11.6. The Balaban J connectivity index is 1.58. The average molecular weight is 447 g/mol. The van der Waals surface area contributed by atoms with Gasteiger partial charge in [-0.1, -0.05) is 103 Å². The Kier molecular flexibility index (Phi) is 4.98. The highest BCUT2D eigenvalue weighted by Gasteiger charge is 2.44. The molecule has 2 nitrogen and oxygen atoms in total. The van der Waals surface area contributed by atoms with E-state index in [9.17, 15) is 0 Å². The number of fused-ring (bicyclic) bond motifs is 2. The molecule has 0 spiro atoms. The number of benzene rings is 4. The Morgan fingerprint density at radius 1 is 0.606 bits per heavy atom. The molecule has 0 fully saturated rings. The van der Waals surface area contributed by atoms with Gasteiger partial charge >= 0.3 is 0 Å². The van der Waals surface area contributed by atoms with E-state index < -0.39 is 5.54 Å². The smallest absolute Gasteiger partial charge is 0.129 e. The van der Waals surface area contributed by atoms with E-state index in [1.165, 1.54) is 27.8 Å². The van der Waals surface area contributed by atoms with Gasteiger partial charge in [-0.25, -0.2) is 4.98 Å². The van der Waals surface area contributed by atoms with Gasteiger partial charge in [0.15, 0.2) is 0 Å². The Hall–Kier alpha value is -3.46. The molecular formula is C30H23ClN2. The summed E-state index contributed by atoms with van der Waals surface area (Å²) in [6.45, 7) is 1.70. The summed E-state index contributed by atoms with van der Waals surface area (Å²) < 4.78 is 0. The number of pyridine rings is 1. The van der Waals surface area contributed by atoms with Crippen LogP contribution in [0.3, 0.4) is 0 Å². The highest BCUT2D eigenvalue weighted by molar-refractivity contribution is 6.30. The van der Waals surface area contributed by atoms with Crippen LogP contribution in [-0.4, -0.2) is 9.88 Å². The summed E-state index contributed by atoms with van der Waals surface area (Å²) in [5.41, 5.74) is 6.08. The number of aromatic nitrogens is 1. The van der Waals surface area contributed by atoms with E-state index in [0.29, 0.717) is 5.15 Å². The molecule has 3 heteroatoms. The van der Waals surface area contributed by atoms with Crippen LogP contribution in [0.15, 0.2) is 115 Å². The number of halogens is 1. The third-order valence-corrected chi connectivity index (χ3v) is 6.98. The first kappa shape index (κ1) is 20.2. The summed E-state index contributed by atoms with van der Waals surface area (Å²) in [6.07, 6.45) is 1.87. The van der Waals surface area contributed by atoms with Gasteiger partial charge in [-0.2, -0.15) is 0 Å². The molecule has 2 heterocycles. The fraction of sp³-hybridized carbons (Fsp3) is 0.100. The zero-order valence-corrected chi connectivity index (χ0v) is 18.9. The quantitative estimate of drug-likeness (QED) is 0.214. The van der Waals surface area contributed by atoms with E-state index in [4.69, 9.17) is 11.6 Å². The van der Waals surface area contributed by atoms with Crippen molar-refractivity contribution >= 4 is 22.4 Å². The van der Waals surface area contributed by atoms with Gasteiger partial charge in [-0.3, -0.25) is 4.90 Å². The van der Waals surface area contributed by atoms with Gasteiger partial charge in [0.05, 0.1) is 5.54 Å². The minimum Gasteiger partial charge on any atom is -0.277 e. The molecule has 0 amide bonds. The molecule has 0 N–H and O–H groups in total. The van der Waals surface area contributed by atoms with Gasteiger partial charge in [0, 0.05) is 24.7 Å². The molecule has 5 aromatic rings. The standard InChI is InChI=1S/C30H23ClN2/c31-29-18-22-16-24-20-33(21-25(24)17-23(22)19-32-29)30(26-10-4-1-5-11-26,27-12-6-2-7-13-27)28-14-8-3-9-15-28/h1-19H,20-21H2. The van der Waals surface area contributed by atoms with Gasteiger partial charge in [-0.05, 0) is 51.4 Å². The molecule has 0 radical (unpaired) electrons. The Morgan fingerprint density at radius 3 is 1.55 bits per heavy atom. The van der Waals surface area contributed by atoms with Crippen LogP contribution in [0.25, 0.3) is 10.8 Å². The van der Waals surface area contributed by atoms with Crippen molar-refractivity contribution in [3.05, 3.63) is 148 Å². The van der Waals surface area contributed by atoms with Crippen molar-refractivity contribution in [2.24, 2.45) is 0 Å². The average Bonchev–Trinajstić information content (AvgIpc) is 3.28. The van der Waals surface area contributed by atoms with Crippen LogP contribution in [0.1, 0.15) is 27.8 Å². The number of rotatable bonds is 4. The van der Waals surface area contributed by atoms with Gasteiger partial charge in [0.1, 0.15) is 5.15 Å². The molecular weight excluding hydrogens is 424 g/mol. The number of hydrogen-bond donors (Lipinski definition) is 0. The maximum atomic E-state index is 6.19. The first-order valence-electron chi connectivity index (χ1n) is 11.2. The van der Waals surface area contributed by atoms with Gasteiger partial charge < -0.3 is 0 Å². The van der Waals surface area contributed by atoms with Crippen LogP contribution in [0.4, 0.5) is 0 Å². The molecule has 0 bridgehead atoms. The van der Waals surface area contributed by atoms with E-state index >= 15 is 0 Å². The highest BCUT2D eigenvalue weighted by Crippen LogP contribution is 2.46. The summed E-state index contributed by atoms with van der Waals surface area (Å²) >= 11 is 6.19. The second-order valence-corrected chi connectivity index (χ2v) is 9.03. The van der Waals surface area contributed by atoms with Crippen LogP contribution in [-0.2, 0) is 18.6 Å². The van der Waals surface area contributed by atoms with Gasteiger partial charge in [0.2, 0.25) is 0 Å². The molecule has 1 aliphatic rings. The molecule has 0 saturated carbocycles. The van der Waals surface area contributed by atoms with E-state index in [2.05, 4.69) is 113 Å². The molecule has 33 heavy (non-hydrogen) atoms. The highest BCUT2D eigenvalue weighted by atomic mass is 35.5. The van der Waals surface area contributed by atoms with Gasteiger partial charge in [0.25, 0.3) is 0 Å². The van der Waals surface area contributed by atoms with Crippen molar-refractivity contribution in [1.29, 1.82) is 0 Å². The monoisotopic (exact) mass is 446 g/mol. The zero-order chi connectivity index (χ0) is 22.3. The molecule has 1 aromatic heterocycles. The topological polar surface area (TPSA) is 16.1 Å². The molecule has 4 aromatic carbocycles. The Bertz CT molecular complexity index is 1320. The van der Waals surface area contributed by atoms with Crippen LogP contribution < -0.4 is 0 Å². The SMILES string of the molecule is Clc1cc2cc3c(cc2cn1)CN(C(c1ccccc1)(c1ccccc1)c1ccccc1)C3. The third kappa shape index (κ3) is 3.34. The maximum Gasteiger partial charge on any atom is 0.129 e. The van der Waals surface area contributed by atoms with Crippen molar-refractivity contribution in [3.63, 3.8) is 0 Å². The minimum absolute atomic E-state index is 0.412. The number of nitrogens with zero attached hydrogens (tertiary/aromatic N) is 2. The predicted molar refractivity (Wildman–Crippen MR) is 135 cm³/mol. The lowest BCUT2D eigenvalue weighted by Crippen LogP contribution is -2.45. The van der Waals surface area contributed by atoms with Crippen molar-refractivity contribution in [1.82, 2.24) is 9.88 Å². The first-order chi connectivity index (χ1) is 16.2. The lowest BCUT2D eigenvalue weighted by molar-refractivity contribution is 0.157. The summed E-state index contributed by atoms with van der Waals surface area (Å²) in [5, 5.41) is 2.80. The Labute approximate surface area is 199 Å². The summed E-state index contributed by atoms with van der Waals surface area (Å²) in [5.74, 6) is 0. The lowest BCUT2D eigenvalue weighted by atomic mass is 9.75. The van der Waals surface area contributed by atoms with Crippen LogP contribution in [0.2, 0.25) is 5.15 Å². The van der Waals surface area contributed by atoms with Crippen LogP contribution in [0.5, 0.6) is 0 Å². The van der Waals surface area contributed by atoms with E-state index in [1.807, 2.05) is 12.3 Å². The molecule has 0 unspecified atom stereocenters. The lowest BCUT2D eigenvalue weighted by Gasteiger charge is -2.43. The largest absolute Gasteiger partial charge is 0.277 e. The van der Waals surface area contributed by atoms with Crippen LogP contribution >= 0.6 is 11.6 Å². The second-order valence-electron chi connectivity index (χ2n) is 8.64. The summed E-state index contributed by atoms with van der Waals surface area (Å²) in [4.78, 5) is 6.90. The van der Waals surface area contributed by atoms with Crippen LogP contribution in [0, 0.1) is 0 Å². The minimum atomic E-state index is -0.412. The molecule has 0 aliphatic carbocycles. The van der Waals surface area contributed by atoms with E-state index in [-0.39, 0.29) is 0 Å². The van der Waals surface area contributed by atoms with Crippen molar-refractivity contribution in [2.45, 2.75) is 18.6 Å². The molecule has 0 atom stereocenters. The zero-order valence-electron chi connectivity index (χ0n) is 18.2. The third-order valence-electron chi connectivity index (χ3n) is 6.78.